The van der Waals surface area contributed by atoms with Gasteiger partial charge in [-0.15, -0.1) is 0 Å². The Kier molecular flexibility index (Phi) is 6.10. The quantitative estimate of drug-likeness (QED) is 0.320. The molecule has 0 spiro atoms. The fourth-order valence-corrected chi connectivity index (χ4v) is 0. The zero-order chi connectivity index (χ0) is 9.71. The van der Waals surface area contributed by atoms with Gasteiger partial charge in [0, 0.05) is 0 Å². The van der Waals surface area contributed by atoms with Crippen LogP contribution in [-0.4, -0.2) is 18.5 Å². The summed E-state index contributed by atoms with van der Waals surface area (Å²) in [5.41, 5.74) is -5.53. The van der Waals surface area contributed by atoms with Gasteiger partial charge in [-0.05, 0) is 0 Å². The van der Waals surface area contributed by atoms with E-state index in [2.05, 4.69) is 16.0 Å². The zero-order valence-electron chi connectivity index (χ0n) is 4.62. The zero-order valence-corrected chi connectivity index (χ0v) is 6.48. The molecule has 0 saturated carbocycles. The first-order valence-corrected chi connectivity index (χ1v) is 3.76. The molecule has 0 aromatic rings. The predicted octanol–water partition coefficient (Wildman–Crippen LogP) is -1.10. The van der Waals surface area contributed by atoms with E-state index in [1.165, 1.54) is 0 Å². The summed E-state index contributed by atoms with van der Waals surface area (Å²) in [5.74, 6) is 0. The summed E-state index contributed by atoms with van der Waals surface area (Å²) in [4.78, 5) is 0. The van der Waals surface area contributed by atoms with Gasteiger partial charge < -0.3 is 0 Å². The van der Waals surface area contributed by atoms with E-state index in [-0.39, 0.29) is 0 Å². The van der Waals surface area contributed by atoms with Crippen molar-refractivity contribution >= 4 is 10.1 Å². The molecule has 0 aliphatic heterocycles. The molecule has 0 aromatic heterocycles. The Hall–Kier alpha value is 0.126. The SMILES string of the molecule is O=S(=O)(O)C(F)(F)F.[O-][NH2+][Co]. The molecule has 72 valence electrons. The minimum absolute atomic E-state index is 0.438. The Bertz CT molecular complexity index is 186. The second kappa shape index (κ2) is 4.90. The van der Waals surface area contributed by atoms with Crippen LogP contribution in [0.1, 0.15) is 0 Å². The van der Waals surface area contributed by atoms with Gasteiger partial charge in [0.2, 0.25) is 0 Å². The van der Waals surface area contributed by atoms with Crippen LogP contribution in [0.25, 0.3) is 0 Å². The van der Waals surface area contributed by atoms with Gasteiger partial charge in [0.05, 0.1) is 0 Å². The van der Waals surface area contributed by atoms with Gasteiger partial charge in [0.15, 0.2) is 0 Å². The summed E-state index contributed by atoms with van der Waals surface area (Å²) in [6, 6.07) is 0. The number of hydrogen-bond donors (Lipinski definition) is 2. The molecule has 3 N–H and O–H groups in total. The third-order valence-corrected chi connectivity index (χ3v) is 0.877. The molecular formula is CH3CoF3NO4S. The monoisotopic (exact) mass is 241 g/mol. The van der Waals surface area contributed by atoms with Crippen LogP contribution in [-0.2, 0) is 26.1 Å². The first-order valence-electron chi connectivity index (χ1n) is 1.72. The maximum atomic E-state index is 10.7. The third-order valence-electron chi connectivity index (χ3n) is 0.292. The molecule has 5 nitrogen and oxygen atoms in total. The van der Waals surface area contributed by atoms with Crippen LogP contribution in [0.3, 0.4) is 0 Å². The normalized spacial score (nSPS) is 11.9. The van der Waals surface area contributed by atoms with Crippen LogP contribution in [0.5, 0.6) is 0 Å². The van der Waals surface area contributed by atoms with Gasteiger partial charge in [-0.3, -0.25) is 4.55 Å². The number of quaternary nitrogens is 1. The number of nitrogens with two attached hydrogens (primary N) is 1. The standard InChI is InChI=1S/CHF3O3S.Co.H2NO/c2-1(3,4)8(5,6)7;;1-2/h(H,5,6,7);;1H2/q;+1;-1. The number of halogens is 3. The van der Waals surface area contributed by atoms with E-state index in [4.69, 9.17) is 18.2 Å². The summed E-state index contributed by atoms with van der Waals surface area (Å²) in [6.45, 7) is 0. The first kappa shape index (κ1) is 13.7. The van der Waals surface area contributed by atoms with Gasteiger partial charge >= 0.3 is 41.3 Å². The van der Waals surface area contributed by atoms with Crippen LogP contribution >= 0.6 is 0 Å². The number of alkyl halides is 3. The molecule has 0 rings (SSSR count). The minimum atomic E-state index is -5.84. The molecule has 0 atom stereocenters. The molecule has 0 aliphatic rings. The van der Waals surface area contributed by atoms with Gasteiger partial charge in [0.1, 0.15) is 0 Å². The number of hydrogen-bond acceptors (Lipinski definition) is 3. The van der Waals surface area contributed by atoms with Crippen molar-refractivity contribution in [2.75, 3.05) is 0 Å². The van der Waals surface area contributed by atoms with Gasteiger partial charge in [-0.1, -0.05) is 0 Å². The van der Waals surface area contributed by atoms with Crippen LogP contribution in [0.2, 0.25) is 0 Å². The van der Waals surface area contributed by atoms with Crippen molar-refractivity contribution in [1.82, 2.24) is 0 Å². The Morgan fingerprint density at radius 1 is 1.45 bits per heavy atom. The van der Waals surface area contributed by atoms with E-state index < -0.39 is 15.6 Å². The van der Waals surface area contributed by atoms with E-state index in [0.717, 1.165) is 0 Å². The van der Waals surface area contributed by atoms with Crippen molar-refractivity contribution in [2.24, 2.45) is 0 Å². The molecule has 0 fully saturated rings. The summed E-state index contributed by atoms with van der Waals surface area (Å²) < 4.78 is 58.0. The maximum absolute atomic E-state index is 10.7. The Balaban J connectivity index is 0. The van der Waals surface area contributed by atoms with Crippen molar-refractivity contribution < 1.29 is 46.6 Å². The molecule has 0 unspecified atom stereocenters. The number of rotatable bonds is 0. The molecule has 0 radical (unpaired) electrons. The van der Waals surface area contributed by atoms with Gasteiger partial charge in [0.25, 0.3) is 0 Å². The Labute approximate surface area is 68.1 Å². The second-order valence-corrected chi connectivity index (χ2v) is 2.66. The summed E-state index contributed by atoms with van der Waals surface area (Å²) in [5, 5.41) is 8.67. The molecule has 0 aliphatic carbocycles. The van der Waals surface area contributed by atoms with E-state index >= 15 is 0 Å². The summed E-state index contributed by atoms with van der Waals surface area (Å²) >= 11 is 3.15. The summed E-state index contributed by atoms with van der Waals surface area (Å²) in [6.07, 6.45) is 0. The van der Waals surface area contributed by atoms with Gasteiger partial charge in [-0.25, -0.2) is 0 Å². The van der Waals surface area contributed by atoms with Crippen LogP contribution in [0, 0.1) is 5.21 Å². The van der Waals surface area contributed by atoms with E-state index in [1.54, 1.807) is 0 Å². The fourth-order valence-electron chi connectivity index (χ4n) is 0. The van der Waals surface area contributed by atoms with E-state index in [1.807, 2.05) is 0 Å². The van der Waals surface area contributed by atoms with Crippen LogP contribution in [0.15, 0.2) is 0 Å². The van der Waals surface area contributed by atoms with Crippen molar-refractivity contribution in [2.45, 2.75) is 5.51 Å². The fraction of sp³-hybridized carbons (Fsp3) is 1.00. The van der Waals surface area contributed by atoms with E-state index in [9.17, 15) is 13.2 Å². The van der Waals surface area contributed by atoms with E-state index in [0.29, 0.717) is 4.53 Å². The molecule has 0 aromatic carbocycles. The van der Waals surface area contributed by atoms with Crippen molar-refractivity contribution in [1.29, 1.82) is 0 Å². The van der Waals surface area contributed by atoms with Crippen molar-refractivity contribution in [3.05, 3.63) is 5.21 Å². The molecule has 0 bridgehead atoms. The Morgan fingerprint density at radius 2 is 1.55 bits per heavy atom. The van der Waals surface area contributed by atoms with Crippen molar-refractivity contribution in [3.8, 4) is 0 Å². The average Bonchev–Trinajstić information content (AvgIpc) is 1.60. The predicted molar refractivity (Wildman–Crippen MR) is 22.9 cm³/mol. The second-order valence-electron chi connectivity index (χ2n) is 0.999. The molecular weight excluding hydrogens is 238 g/mol. The van der Waals surface area contributed by atoms with Crippen molar-refractivity contribution in [3.63, 3.8) is 0 Å². The topological polar surface area (TPSA) is 94.0 Å². The average molecular weight is 241 g/mol. The molecule has 0 saturated heterocycles. The van der Waals surface area contributed by atoms with Gasteiger partial charge in [-0.2, -0.15) is 21.6 Å². The van der Waals surface area contributed by atoms with Crippen LogP contribution < -0.4 is 4.53 Å². The third kappa shape index (κ3) is 8.03. The molecule has 0 heterocycles. The summed E-state index contributed by atoms with van der Waals surface area (Å²) in [7, 11) is -5.84. The first-order chi connectivity index (χ1) is 4.66. The molecule has 0 amide bonds. The molecule has 10 heteroatoms. The molecule has 11 heavy (non-hydrogen) atoms. The van der Waals surface area contributed by atoms with Crippen LogP contribution in [0.4, 0.5) is 13.2 Å². The Morgan fingerprint density at radius 3 is 1.55 bits per heavy atom.